The molecule has 1 N–H and O–H groups in total. The number of benzene rings is 1. The minimum Gasteiger partial charge on any atom is -0.460 e. The molecule has 4 rings (SSSR count). The molecular weight excluding hydrogens is 461 g/mol. The zero-order chi connectivity index (χ0) is 24.1. The van der Waals surface area contributed by atoms with Crippen LogP contribution in [0.4, 0.5) is 4.39 Å². The molecule has 0 aromatic heterocycles. The summed E-state index contributed by atoms with van der Waals surface area (Å²) < 4.78 is 29.7. The molecule has 0 bridgehead atoms. The highest BCUT2D eigenvalue weighted by Crippen LogP contribution is 2.44. The van der Waals surface area contributed by atoms with Gasteiger partial charge in [-0.2, -0.15) is 0 Å². The first kappa shape index (κ1) is 24.4. The number of methoxy groups -OCH3 is 1. The van der Waals surface area contributed by atoms with Crippen LogP contribution in [0.3, 0.4) is 0 Å². The van der Waals surface area contributed by atoms with Gasteiger partial charge in [0.05, 0.1) is 36.4 Å². The van der Waals surface area contributed by atoms with E-state index < -0.39 is 12.0 Å². The van der Waals surface area contributed by atoms with Gasteiger partial charge in [0, 0.05) is 26.0 Å². The summed E-state index contributed by atoms with van der Waals surface area (Å²) in [6.07, 6.45) is 2.10. The van der Waals surface area contributed by atoms with Crippen molar-refractivity contribution < 1.29 is 28.2 Å². The summed E-state index contributed by atoms with van der Waals surface area (Å²) >= 11 is 1.39. The van der Waals surface area contributed by atoms with E-state index in [1.165, 1.54) is 31.0 Å². The summed E-state index contributed by atoms with van der Waals surface area (Å²) in [4.78, 5) is 32.3. The summed E-state index contributed by atoms with van der Waals surface area (Å²) in [5.74, 6) is -1.04. The lowest BCUT2D eigenvalue weighted by Gasteiger charge is -2.36. The Morgan fingerprint density at radius 3 is 2.79 bits per heavy atom. The third kappa shape index (κ3) is 5.51. The van der Waals surface area contributed by atoms with Crippen LogP contribution in [0, 0.1) is 5.82 Å². The molecule has 3 heterocycles. The number of nitrogens with zero attached hydrogens (tertiary/aromatic N) is 2. The van der Waals surface area contributed by atoms with Crippen molar-refractivity contribution in [1.82, 2.24) is 10.2 Å². The van der Waals surface area contributed by atoms with Crippen molar-refractivity contribution in [1.29, 1.82) is 0 Å². The molecule has 34 heavy (non-hydrogen) atoms. The van der Waals surface area contributed by atoms with Crippen molar-refractivity contribution in [2.45, 2.75) is 38.3 Å². The van der Waals surface area contributed by atoms with Gasteiger partial charge in [-0.1, -0.05) is 23.9 Å². The third-order valence-electron chi connectivity index (χ3n) is 5.82. The van der Waals surface area contributed by atoms with Crippen LogP contribution in [0.1, 0.15) is 37.8 Å². The number of allylic oxidation sites excluding steroid dienone is 1. The second-order valence-electron chi connectivity index (χ2n) is 8.19. The fourth-order valence-electron chi connectivity index (χ4n) is 4.15. The molecule has 1 saturated heterocycles. The molecule has 3 aliphatic heterocycles. The predicted octanol–water partition coefficient (Wildman–Crippen LogP) is 3.28. The highest BCUT2D eigenvalue weighted by atomic mass is 32.2. The minimum absolute atomic E-state index is 0.0500. The summed E-state index contributed by atoms with van der Waals surface area (Å²) in [7, 11) is 1.53. The second-order valence-corrected chi connectivity index (χ2v) is 9.03. The number of thioether (sulfide) groups is 1. The predicted molar refractivity (Wildman–Crippen MR) is 126 cm³/mol. The van der Waals surface area contributed by atoms with E-state index in [1.54, 1.807) is 19.1 Å². The molecule has 10 heteroatoms. The average Bonchev–Trinajstić information content (AvgIpc) is 3.48. The molecule has 1 aromatic rings. The van der Waals surface area contributed by atoms with E-state index in [-0.39, 0.29) is 37.5 Å². The van der Waals surface area contributed by atoms with E-state index in [0.29, 0.717) is 34.2 Å². The molecule has 2 unspecified atom stereocenters. The quantitative estimate of drug-likeness (QED) is 0.421. The second kappa shape index (κ2) is 11.2. The van der Waals surface area contributed by atoms with Crippen molar-refractivity contribution in [2.24, 2.45) is 4.99 Å². The number of fused-ring (bicyclic) bond motifs is 1. The Hall–Kier alpha value is -2.69. The maximum Gasteiger partial charge on any atom is 0.338 e. The summed E-state index contributed by atoms with van der Waals surface area (Å²) in [6.45, 7) is 3.31. The van der Waals surface area contributed by atoms with Gasteiger partial charge in [-0.15, -0.1) is 0 Å². The van der Waals surface area contributed by atoms with Gasteiger partial charge in [0.2, 0.25) is 5.91 Å². The van der Waals surface area contributed by atoms with E-state index in [2.05, 4.69) is 10.3 Å². The van der Waals surface area contributed by atoms with Gasteiger partial charge in [0.1, 0.15) is 12.4 Å². The van der Waals surface area contributed by atoms with Crippen LogP contribution in [0.5, 0.6) is 0 Å². The van der Waals surface area contributed by atoms with E-state index in [1.807, 2.05) is 10.3 Å². The van der Waals surface area contributed by atoms with Gasteiger partial charge in [-0.05, 0) is 42.9 Å². The normalized spacial score (nSPS) is 21.8. The number of amides is 1. The number of esters is 1. The van der Waals surface area contributed by atoms with Gasteiger partial charge in [-0.25, -0.2) is 14.2 Å². The number of aliphatic imine (C=N–C) groups is 1. The Morgan fingerprint density at radius 2 is 2.09 bits per heavy atom. The fourth-order valence-corrected chi connectivity index (χ4v) is 5.11. The van der Waals surface area contributed by atoms with E-state index in [4.69, 9.17) is 14.2 Å². The maximum absolute atomic E-state index is 13.7. The molecule has 8 nitrogen and oxygen atoms in total. The number of carbonyl (C=O) groups excluding carboxylic acids is 2. The number of hydrogen-bond acceptors (Lipinski definition) is 8. The Labute approximate surface area is 202 Å². The average molecular weight is 490 g/mol. The van der Waals surface area contributed by atoms with Gasteiger partial charge >= 0.3 is 5.97 Å². The van der Waals surface area contributed by atoms with Gasteiger partial charge in [0.15, 0.2) is 5.17 Å². The molecule has 1 fully saturated rings. The van der Waals surface area contributed by atoms with Crippen molar-refractivity contribution >= 4 is 28.8 Å². The van der Waals surface area contributed by atoms with E-state index in [0.717, 1.165) is 19.4 Å². The zero-order valence-electron chi connectivity index (χ0n) is 19.2. The van der Waals surface area contributed by atoms with Crippen LogP contribution in [0.15, 0.2) is 51.6 Å². The molecule has 3 aliphatic rings. The van der Waals surface area contributed by atoms with Gasteiger partial charge < -0.3 is 24.4 Å². The number of carbonyl (C=O) groups is 2. The maximum atomic E-state index is 13.7. The zero-order valence-corrected chi connectivity index (χ0v) is 20.0. The highest BCUT2D eigenvalue weighted by Gasteiger charge is 2.41. The summed E-state index contributed by atoms with van der Waals surface area (Å²) in [5.41, 5.74) is 2.27. The van der Waals surface area contributed by atoms with Crippen LogP contribution in [0.25, 0.3) is 0 Å². The largest absolute Gasteiger partial charge is 0.460 e. The third-order valence-corrected chi connectivity index (χ3v) is 6.71. The SMILES string of the molecule is COCCOC(=O)C1=C(C)N=C2SC=C(CC(=O)NCC3CCCO3)N2C1c1ccc(F)cc1. The first-order chi connectivity index (χ1) is 16.5. The number of halogens is 1. The lowest BCUT2D eigenvalue weighted by atomic mass is 9.94. The first-order valence-electron chi connectivity index (χ1n) is 11.2. The Morgan fingerprint density at radius 1 is 1.29 bits per heavy atom. The molecule has 0 aliphatic carbocycles. The number of nitrogens with one attached hydrogen (secondary N) is 1. The van der Waals surface area contributed by atoms with Crippen LogP contribution >= 0.6 is 11.8 Å². The highest BCUT2D eigenvalue weighted by molar-refractivity contribution is 8.16. The first-order valence-corrected chi connectivity index (χ1v) is 12.1. The monoisotopic (exact) mass is 489 g/mol. The topological polar surface area (TPSA) is 89.5 Å². The molecule has 1 aromatic carbocycles. The lowest BCUT2D eigenvalue weighted by Crippen LogP contribution is -2.39. The van der Waals surface area contributed by atoms with E-state index in [9.17, 15) is 14.0 Å². The Kier molecular flexibility index (Phi) is 8.02. The molecule has 0 radical (unpaired) electrons. The van der Waals surface area contributed by atoms with Crippen molar-refractivity contribution in [3.63, 3.8) is 0 Å². The standard InChI is InChI=1S/C24H28FN3O5S/c1-15-21(23(30)33-11-10-31-2)22(16-5-7-17(25)8-6-16)28-18(14-34-24(28)27-15)12-20(29)26-13-19-4-3-9-32-19/h5-8,14,19,22H,3-4,9-13H2,1-2H3,(H,26,29). The lowest BCUT2D eigenvalue weighted by molar-refractivity contribution is -0.141. The Balaban J connectivity index is 1.57. The van der Waals surface area contributed by atoms with Crippen LogP contribution in [0.2, 0.25) is 0 Å². The van der Waals surface area contributed by atoms with Crippen LogP contribution in [-0.2, 0) is 23.8 Å². The minimum atomic E-state index is -0.602. The van der Waals surface area contributed by atoms with Gasteiger partial charge in [0.25, 0.3) is 0 Å². The smallest absolute Gasteiger partial charge is 0.338 e. The number of hydrogen-bond donors (Lipinski definition) is 1. The van der Waals surface area contributed by atoms with Crippen molar-refractivity contribution in [3.05, 3.63) is 58.0 Å². The van der Waals surface area contributed by atoms with Crippen LogP contribution < -0.4 is 5.32 Å². The molecule has 0 saturated carbocycles. The van der Waals surface area contributed by atoms with E-state index >= 15 is 0 Å². The molecular formula is C24H28FN3O5S. The number of ether oxygens (including phenoxy) is 3. The van der Waals surface area contributed by atoms with Crippen molar-refractivity contribution in [2.75, 3.05) is 33.5 Å². The summed E-state index contributed by atoms with van der Waals surface area (Å²) in [6, 6.07) is 5.37. The number of rotatable bonds is 9. The van der Waals surface area contributed by atoms with Crippen LogP contribution in [-0.4, -0.2) is 61.5 Å². The molecule has 1 amide bonds. The molecule has 2 atom stereocenters. The Bertz CT molecular complexity index is 1020. The molecule has 182 valence electrons. The summed E-state index contributed by atoms with van der Waals surface area (Å²) in [5, 5.41) is 5.46. The van der Waals surface area contributed by atoms with Crippen molar-refractivity contribution in [3.8, 4) is 0 Å². The fraction of sp³-hybridized carbons (Fsp3) is 0.458. The van der Waals surface area contributed by atoms with Gasteiger partial charge in [-0.3, -0.25) is 4.79 Å². The number of amidine groups is 1. The molecule has 0 spiro atoms.